The van der Waals surface area contributed by atoms with Crippen LogP contribution in [0.3, 0.4) is 0 Å². The zero-order valence-corrected chi connectivity index (χ0v) is 12.7. The number of benzene rings is 1. The molecule has 1 N–H and O–H groups in total. The van der Waals surface area contributed by atoms with Gasteiger partial charge in [0.2, 0.25) is 0 Å². The standard InChI is InChI=1S/C15H21BrN2/c1-3-6-12(2)17-9-10-18-11-14(16)13-7-4-5-8-15(13)18/h4-5,7-8,11-12,17H,3,6,9-10H2,1-2H3. The lowest BCUT2D eigenvalue weighted by Gasteiger charge is -2.13. The average molecular weight is 309 g/mol. The lowest BCUT2D eigenvalue weighted by molar-refractivity contribution is 0.489. The number of nitrogens with zero attached hydrogens (tertiary/aromatic N) is 1. The second-order valence-corrected chi connectivity index (χ2v) is 5.69. The Morgan fingerprint density at radius 3 is 2.89 bits per heavy atom. The van der Waals surface area contributed by atoms with Gasteiger partial charge in [0.1, 0.15) is 0 Å². The average Bonchev–Trinajstić information content (AvgIpc) is 2.68. The number of nitrogens with one attached hydrogen (secondary N) is 1. The van der Waals surface area contributed by atoms with Crippen LogP contribution in [0.15, 0.2) is 34.9 Å². The summed E-state index contributed by atoms with van der Waals surface area (Å²) in [6, 6.07) is 9.12. The van der Waals surface area contributed by atoms with Crippen LogP contribution in [0.5, 0.6) is 0 Å². The summed E-state index contributed by atoms with van der Waals surface area (Å²) in [4.78, 5) is 0. The van der Waals surface area contributed by atoms with E-state index in [1.165, 1.54) is 28.2 Å². The fourth-order valence-corrected chi connectivity index (χ4v) is 2.94. The maximum absolute atomic E-state index is 3.62. The maximum Gasteiger partial charge on any atom is 0.0492 e. The minimum absolute atomic E-state index is 0.611. The van der Waals surface area contributed by atoms with Gasteiger partial charge < -0.3 is 9.88 Å². The van der Waals surface area contributed by atoms with Gasteiger partial charge in [0.15, 0.2) is 0 Å². The van der Waals surface area contributed by atoms with Crippen LogP contribution in [0, 0.1) is 0 Å². The van der Waals surface area contributed by atoms with Gasteiger partial charge in [-0.05, 0) is 35.3 Å². The number of hydrogen-bond acceptors (Lipinski definition) is 1. The van der Waals surface area contributed by atoms with Gasteiger partial charge in [-0.3, -0.25) is 0 Å². The molecule has 2 rings (SSSR count). The molecule has 0 fully saturated rings. The Labute approximate surface area is 118 Å². The largest absolute Gasteiger partial charge is 0.345 e. The van der Waals surface area contributed by atoms with Crippen molar-refractivity contribution in [2.75, 3.05) is 6.54 Å². The first-order valence-corrected chi connectivity index (χ1v) is 7.48. The molecule has 2 nitrogen and oxygen atoms in total. The molecule has 0 saturated carbocycles. The second-order valence-electron chi connectivity index (χ2n) is 4.83. The molecule has 1 unspecified atom stereocenters. The third-order valence-corrected chi connectivity index (χ3v) is 3.94. The molecule has 0 radical (unpaired) electrons. The van der Waals surface area contributed by atoms with Crippen LogP contribution in [-0.4, -0.2) is 17.2 Å². The third kappa shape index (κ3) is 3.15. The minimum Gasteiger partial charge on any atom is -0.345 e. The van der Waals surface area contributed by atoms with E-state index in [2.05, 4.69) is 70.1 Å². The van der Waals surface area contributed by atoms with Crippen molar-refractivity contribution < 1.29 is 0 Å². The molecule has 98 valence electrons. The zero-order chi connectivity index (χ0) is 13.0. The second kappa shape index (κ2) is 6.39. The minimum atomic E-state index is 0.611. The molecule has 18 heavy (non-hydrogen) atoms. The van der Waals surface area contributed by atoms with Crippen molar-refractivity contribution in [2.24, 2.45) is 0 Å². The maximum atomic E-state index is 3.62. The number of para-hydroxylation sites is 1. The summed E-state index contributed by atoms with van der Waals surface area (Å²) in [6.45, 7) is 6.52. The summed E-state index contributed by atoms with van der Waals surface area (Å²) < 4.78 is 3.49. The molecule has 0 aliphatic carbocycles. The van der Waals surface area contributed by atoms with Crippen molar-refractivity contribution >= 4 is 26.8 Å². The molecule has 1 aromatic carbocycles. The topological polar surface area (TPSA) is 17.0 Å². The van der Waals surface area contributed by atoms with Crippen molar-refractivity contribution in [1.82, 2.24) is 9.88 Å². The molecule has 0 amide bonds. The smallest absolute Gasteiger partial charge is 0.0492 e. The van der Waals surface area contributed by atoms with E-state index in [1.807, 2.05) is 0 Å². The Balaban J connectivity index is 2.00. The third-order valence-electron chi connectivity index (χ3n) is 3.31. The zero-order valence-electron chi connectivity index (χ0n) is 11.1. The van der Waals surface area contributed by atoms with Crippen LogP contribution in [0.4, 0.5) is 0 Å². The molecule has 0 aliphatic rings. The van der Waals surface area contributed by atoms with Crippen molar-refractivity contribution in [2.45, 2.75) is 39.3 Å². The molecule has 0 aliphatic heterocycles. The van der Waals surface area contributed by atoms with Crippen molar-refractivity contribution in [1.29, 1.82) is 0 Å². The Morgan fingerprint density at radius 1 is 1.33 bits per heavy atom. The van der Waals surface area contributed by atoms with E-state index in [-0.39, 0.29) is 0 Å². The lowest BCUT2D eigenvalue weighted by atomic mass is 10.2. The van der Waals surface area contributed by atoms with Crippen LogP contribution < -0.4 is 5.32 Å². The highest BCUT2D eigenvalue weighted by Crippen LogP contribution is 2.25. The first-order valence-electron chi connectivity index (χ1n) is 6.69. The molecule has 1 aromatic heterocycles. The van der Waals surface area contributed by atoms with Crippen LogP contribution in [0.25, 0.3) is 10.9 Å². The predicted molar refractivity (Wildman–Crippen MR) is 82.0 cm³/mol. The molecule has 1 heterocycles. The number of hydrogen-bond donors (Lipinski definition) is 1. The summed E-state index contributed by atoms with van der Waals surface area (Å²) in [5, 5.41) is 4.86. The van der Waals surface area contributed by atoms with Gasteiger partial charge in [0.05, 0.1) is 0 Å². The molecule has 0 saturated heterocycles. The Bertz CT molecular complexity index is 504. The Hall–Kier alpha value is -0.800. The molecule has 3 heteroatoms. The van der Waals surface area contributed by atoms with Crippen molar-refractivity contribution in [3.8, 4) is 0 Å². The summed E-state index contributed by atoms with van der Waals surface area (Å²) in [6.07, 6.45) is 4.67. The first kappa shape index (κ1) is 13.6. The molecule has 0 spiro atoms. The lowest BCUT2D eigenvalue weighted by Crippen LogP contribution is -2.29. The van der Waals surface area contributed by atoms with Gasteiger partial charge in [-0.25, -0.2) is 0 Å². The van der Waals surface area contributed by atoms with E-state index >= 15 is 0 Å². The monoisotopic (exact) mass is 308 g/mol. The van der Waals surface area contributed by atoms with Crippen LogP contribution in [-0.2, 0) is 6.54 Å². The molecule has 2 aromatic rings. The van der Waals surface area contributed by atoms with Gasteiger partial charge in [-0.15, -0.1) is 0 Å². The van der Waals surface area contributed by atoms with Gasteiger partial charge in [-0.2, -0.15) is 0 Å². The fourth-order valence-electron chi connectivity index (χ4n) is 2.35. The van der Waals surface area contributed by atoms with E-state index in [1.54, 1.807) is 0 Å². The SMILES string of the molecule is CCCC(C)NCCn1cc(Br)c2ccccc21. The first-order chi connectivity index (χ1) is 8.72. The molecule has 1 atom stereocenters. The van der Waals surface area contributed by atoms with Crippen molar-refractivity contribution in [3.05, 3.63) is 34.9 Å². The summed E-state index contributed by atoms with van der Waals surface area (Å²) in [7, 11) is 0. The van der Waals surface area contributed by atoms with E-state index < -0.39 is 0 Å². The van der Waals surface area contributed by atoms with Crippen LogP contribution in [0.2, 0.25) is 0 Å². The van der Waals surface area contributed by atoms with E-state index in [0.717, 1.165) is 13.1 Å². The Morgan fingerprint density at radius 2 is 2.11 bits per heavy atom. The van der Waals surface area contributed by atoms with Gasteiger partial charge in [0.25, 0.3) is 0 Å². The van der Waals surface area contributed by atoms with E-state index in [9.17, 15) is 0 Å². The summed E-state index contributed by atoms with van der Waals surface area (Å²) in [5.74, 6) is 0. The van der Waals surface area contributed by atoms with Gasteiger partial charge >= 0.3 is 0 Å². The fraction of sp³-hybridized carbons (Fsp3) is 0.467. The van der Waals surface area contributed by atoms with E-state index in [0.29, 0.717) is 6.04 Å². The highest BCUT2D eigenvalue weighted by atomic mass is 79.9. The highest BCUT2D eigenvalue weighted by Gasteiger charge is 2.05. The highest BCUT2D eigenvalue weighted by molar-refractivity contribution is 9.10. The van der Waals surface area contributed by atoms with Crippen LogP contribution in [0.1, 0.15) is 26.7 Å². The number of halogens is 1. The number of aromatic nitrogens is 1. The van der Waals surface area contributed by atoms with Gasteiger partial charge in [0, 0.05) is 40.7 Å². The molecular formula is C15H21BrN2. The predicted octanol–water partition coefficient (Wildman–Crippen LogP) is 4.18. The summed E-state index contributed by atoms with van der Waals surface area (Å²) >= 11 is 3.62. The van der Waals surface area contributed by atoms with Gasteiger partial charge in [-0.1, -0.05) is 31.5 Å². The number of rotatable bonds is 6. The Kier molecular flexibility index (Phi) is 4.84. The number of fused-ring (bicyclic) bond motifs is 1. The van der Waals surface area contributed by atoms with Crippen molar-refractivity contribution in [3.63, 3.8) is 0 Å². The quantitative estimate of drug-likeness (QED) is 0.847. The normalized spacial score (nSPS) is 13.1. The molecular weight excluding hydrogens is 288 g/mol. The molecule has 0 bridgehead atoms. The van der Waals surface area contributed by atoms with Crippen LogP contribution >= 0.6 is 15.9 Å². The summed E-state index contributed by atoms with van der Waals surface area (Å²) in [5.41, 5.74) is 1.30. The van der Waals surface area contributed by atoms with E-state index in [4.69, 9.17) is 0 Å².